The summed E-state index contributed by atoms with van der Waals surface area (Å²) in [6, 6.07) is 2.60. The molecule has 0 radical (unpaired) electrons. The first-order chi connectivity index (χ1) is 7.47. The van der Waals surface area contributed by atoms with Crippen molar-refractivity contribution in [2.24, 2.45) is 0 Å². The lowest BCUT2D eigenvalue weighted by molar-refractivity contribution is 0.118. The van der Waals surface area contributed by atoms with Crippen LogP contribution in [0.15, 0.2) is 11.4 Å². The van der Waals surface area contributed by atoms with E-state index >= 15 is 0 Å². The summed E-state index contributed by atoms with van der Waals surface area (Å²) < 4.78 is 0. The Hall–Kier alpha value is -0.380. The molecule has 0 bridgehead atoms. The number of nitrogens with one attached hydrogen (secondary N) is 1. The average molecular weight is 240 g/mol. The van der Waals surface area contributed by atoms with Crippen LogP contribution in [0.2, 0.25) is 0 Å². The largest absolute Gasteiger partial charge is 0.311 e. The van der Waals surface area contributed by atoms with Crippen molar-refractivity contribution in [1.29, 1.82) is 0 Å². The summed E-state index contributed by atoms with van der Waals surface area (Å²) in [6.07, 6.45) is 1.13. The molecular formula is C13H24N2S. The predicted molar refractivity (Wildman–Crippen MR) is 73.2 cm³/mol. The molecule has 2 atom stereocenters. The number of nitrogens with zero attached hydrogens (tertiary/aromatic N) is 1. The second kappa shape index (κ2) is 5.30. The molecule has 3 heteroatoms. The third-order valence-electron chi connectivity index (χ3n) is 3.81. The molecule has 0 aliphatic carbocycles. The molecule has 1 rings (SSSR count). The molecule has 1 aromatic rings. The van der Waals surface area contributed by atoms with E-state index in [0.29, 0.717) is 6.04 Å². The second-order valence-electron chi connectivity index (χ2n) is 4.79. The molecule has 0 saturated heterocycles. The highest BCUT2D eigenvalue weighted by Gasteiger charge is 2.36. The lowest BCUT2D eigenvalue weighted by atomic mass is 9.86. The minimum Gasteiger partial charge on any atom is -0.311 e. The van der Waals surface area contributed by atoms with E-state index in [-0.39, 0.29) is 5.54 Å². The van der Waals surface area contributed by atoms with E-state index in [1.165, 1.54) is 10.4 Å². The number of hydrogen-bond donors (Lipinski definition) is 1. The average Bonchev–Trinajstić information content (AvgIpc) is 2.65. The van der Waals surface area contributed by atoms with Crippen LogP contribution in [0.4, 0.5) is 0 Å². The van der Waals surface area contributed by atoms with Crippen LogP contribution >= 0.6 is 11.3 Å². The molecule has 0 aromatic carbocycles. The van der Waals surface area contributed by atoms with Crippen LogP contribution in [0.1, 0.15) is 36.8 Å². The van der Waals surface area contributed by atoms with Gasteiger partial charge in [-0.1, -0.05) is 6.92 Å². The fraction of sp³-hybridized carbons (Fsp3) is 0.692. The molecular weight excluding hydrogens is 216 g/mol. The minimum atomic E-state index is 0.157. The molecule has 0 amide bonds. The smallest absolute Gasteiger partial charge is 0.0599 e. The quantitative estimate of drug-likeness (QED) is 0.851. The maximum atomic E-state index is 3.49. The molecule has 0 spiro atoms. The van der Waals surface area contributed by atoms with Gasteiger partial charge in [0.05, 0.1) is 6.04 Å². The van der Waals surface area contributed by atoms with Gasteiger partial charge in [0.15, 0.2) is 0 Å². The van der Waals surface area contributed by atoms with E-state index in [1.807, 2.05) is 11.3 Å². The van der Waals surface area contributed by atoms with Crippen LogP contribution in [0.3, 0.4) is 0 Å². The highest BCUT2D eigenvalue weighted by molar-refractivity contribution is 7.10. The zero-order valence-corrected chi connectivity index (χ0v) is 12.1. The van der Waals surface area contributed by atoms with E-state index in [1.54, 1.807) is 0 Å². The van der Waals surface area contributed by atoms with Gasteiger partial charge in [-0.2, -0.15) is 0 Å². The van der Waals surface area contributed by atoms with Crippen molar-refractivity contribution in [1.82, 2.24) is 10.2 Å². The topological polar surface area (TPSA) is 15.3 Å². The molecule has 1 N–H and O–H groups in total. The number of rotatable bonds is 5. The Morgan fingerprint density at radius 1 is 1.50 bits per heavy atom. The van der Waals surface area contributed by atoms with Gasteiger partial charge in [-0.3, -0.25) is 0 Å². The van der Waals surface area contributed by atoms with Crippen molar-refractivity contribution in [3.05, 3.63) is 21.9 Å². The predicted octanol–water partition coefficient (Wildman–Crippen LogP) is 3.05. The van der Waals surface area contributed by atoms with Gasteiger partial charge in [0.2, 0.25) is 0 Å². The van der Waals surface area contributed by atoms with E-state index in [9.17, 15) is 0 Å². The van der Waals surface area contributed by atoms with Crippen molar-refractivity contribution in [2.45, 2.75) is 38.8 Å². The molecule has 0 aliphatic heterocycles. The lowest BCUT2D eigenvalue weighted by Crippen LogP contribution is -2.50. The molecule has 16 heavy (non-hydrogen) atoms. The minimum absolute atomic E-state index is 0.157. The van der Waals surface area contributed by atoms with Crippen LogP contribution in [0.5, 0.6) is 0 Å². The van der Waals surface area contributed by atoms with Crippen molar-refractivity contribution >= 4 is 11.3 Å². The summed E-state index contributed by atoms with van der Waals surface area (Å²) in [4.78, 5) is 3.79. The molecule has 2 unspecified atom stereocenters. The van der Waals surface area contributed by atoms with Crippen LogP contribution in [0, 0.1) is 6.92 Å². The van der Waals surface area contributed by atoms with Crippen molar-refractivity contribution < 1.29 is 0 Å². The standard InChI is InChI=1S/C13H24N2S/c1-7-13(3,15(5)6)12(14-4)11-10(2)8-9-16-11/h8-9,12,14H,7H2,1-6H3. The summed E-state index contributed by atoms with van der Waals surface area (Å²) in [7, 11) is 6.38. The molecule has 1 heterocycles. The third-order valence-corrected chi connectivity index (χ3v) is 4.90. The lowest BCUT2D eigenvalue weighted by Gasteiger charge is -2.42. The SMILES string of the molecule is CCC(C)(C(NC)c1sccc1C)N(C)C. The molecule has 0 saturated carbocycles. The summed E-state index contributed by atoms with van der Waals surface area (Å²) in [5, 5.41) is 5.67. The number of likely N-dealkylation sites (N-methyl/N-ethyl adjacent to an activating group) is 2. The molecule has 0 fully saturated rings. The maximum Gasteiger partial charge on any atom is 0.0599 e. The van der Waals surface area contributed by atoms with Crippen LogP contribution in [-0.4, -0.2) is 31.6 Å². The van der Waals surface area contributed by atoms with Crippen LogP contribution in [-0.2, 0) is 0 Å². The van der Waals surface area contributed by atoms with E-state index in [4.69, 9.17) is 0 Å². The molecule has 2 nitrogen and oxygen atoms in total. The van der Waals surface area contributed by atoms with Gasteiger partial charge in [0, 0.05) is 10.4 Å². The highest BCUT2D eigenvalue weighted by atomic mass is 32.1. The van der Waals surface area contributed by atoms with Gasteiger partial charge >= 0.3 is 0 Å². The Morgan fingerprint density at radius 2 is 2.12 bits per heavy atom. The van der Waals surface area contributed by atoms with Crippen molar-refractivity contribution in [3.63, 3.8) is 0 Å². The van der Waals surface area contributed by atoms with Crippen molar-refractivity contribution in [2.75, 3.05) is 21.1 Å². The van der Waals surface area contributed by atoms with Gasteiger partial charge in [0.25, 0.3) is 0 Å². The number of thiophene rings is 1. The zero-order chi connectivity index (χ0) is 12.3. The van der Waals surface area contributed by atoms with Gasteiger partial charge in [-0.15, -0.1) is 11.3 Å². The summed E-state index contributed by atoms with van der Waals surface area (Å²) >= 11 is 1.85. The Labute approximate surface area is 104 Å². The number of aryl methyl sites for hydroxylation is 1. The first kappa shape index (κ1) is 13.7. The summed E-state index contributed by atoms with van der Waals surface area (Å²) in [5.41, 5.74) is 1.55. The molecule has 92 valence electrons. The van der Waals surface area contributed by atoms with Crippen LogP contribution < -0.4 is 5.32 Å². The van der Waals surface area contributed by atoms with Gasteiger partial charge < -0.3 is 10.2 Å². The Kier molecular flexibility index (Phi) is 4.53. The fourth-order valence-corrected chi connectivity index (χ4v) is 3.36. The van der Waals surface area contributed by atoms with Gasteiger partial charge in [-0.25, -0.2) is 0 Å². The monoisotopic (exact) mass is 240 g/mol. The van der Waals surface area contributed by atoms with E-state index in [2.05, 4.69) is 63.6 Å². The molecule has 1 aromatic heterocycles. The second-order valence-corrected chi connectivity index (χ2v) is 5.74. The fourth-order valence-electron chi connectivity index (χ4n) is 2.18. The van der Waals surface area contributed by atoms with Gasteiger partial charge in [0.1, 0.15) is 0 Å². The Morgan fingerprint density at radius 3 is 2.44 bits per heavy atom. The number of hydrogen-bond acceptors (Lipinski definition) is 3. The molecule has 0 aliphatic rings. The zero-order valence-electron chi connectivity index (χ0n) is 11.3. The first-order valence-corrected chi connectivity index (χ1v) is 6.74. The first-order valence-electron chi connectivity index (χ1n) is 5.86. The van der Waals surface area contributed by atoms with E-state index < -0.39 is 0 Å². The summed E-state index contributed by atoms with van der Waals surface area (Å²) in [6.45, 7) is 6.78. The van der Waals surface area contributed by atoms with Gasteiger partial charge in [-0.05, 0) is 58.4 Å². The normalized spacial score (nSPS) is 17.4. The van der Waals surface area contributed by atoms with Crippen molar-refractivity contribution in [3.8, 4) is 0 Å². The Bertz CT molecular complexity index is 332. The Balaban J connectivity index is 3.11. The highest BCUT2D eigenvalue weighted by Crippen LogP contribution is 2.36. The van der Waals surface area contributed by atoms with Crippen LogP contribution in [0.25, 0.3) is 0 Å². The maximum absolute atomic E-state index is 3.49. The summed E-state index contributed by atoms with van der Waals surface area (Å²) in [5.74, 6) is 0. The van der Waals surface area contributed by atoms with E-state index in [0.717, 1.165) is 6.42 Å². The third kappa shape index (κ3) is 2.31.